The van der Waals surface area contributed by atoms with Gasteiger partial charge in [-0.2, -0.15) is 0 Å². The molecule has 15 heteroatoms. The molecule has 0 radical (unpaired) electrons. The second-order valence-corrected chi connectivity index (χ2v) is 56.3. The molecule has 0 amide bonds. The molecule has 2 atom stereocenters. The van der Waals surface area contributed by atoms with Gasteiger partial charge in [0.05, 0.1) is 34.6 Å². The molecule has 0 saturated heterocycles. The van der Waals surface area contributed by atoms with E-state index in [1.807, 2.05) is 41.1 Å². The number of aryl methyl sites for hydroxylation is 9. The van der Waals surface area contributed by atoms with E-state index in [-0.39, 0.29) is 0 Å². The smallest absolute Gasteiger partial charge is 0.174 e. The van der Waals surface area contributed by atoms with Crippen molar-refractivity contribution in [2.45, 2.75) is 501 Å². The lowest BCUT2D eigenvalue weighted by Gasteiger charge is -2.19. The predicted octanol–water partition coefficient (Wildman–Crippen LogP) is 50.1. The van der Waals surface area contributed by atoms with Crippen molar-refractivity contribution in [3.05, 3.63) is 134 Å². The molecule has 3 nitrogen and oxygen atoms in total. The first-order chi connectivity index (χ1) is 72.3. The highest BCUT2D eigenvalue weighted by Gasteiger charge is 2.31. The molecule has 0 spiro atoms. The molecule has 12 aromatic heterocycles. The molecule has 147 heavy (non-hydrogen) atoms. The van der Waals surface area contributed by atoms with Crippen molar-refractivity contribution in [1.82, 2.24) is 0 Å². The molecule has 1 aromatic carbocycles. The van der Waals surface area contributed by atoms with Gasteiger partial charge in [-0.25, -0.2) is 0 Å². The van der Waals surface area contributed by atoms with Gasteiger partial charge in [0.1, 0.15) is 11.5 Å². The summed E-state index contributed by atoms with van der Waals surface area (Å²) in [7, 11) is 1.87. The lowest BCUT2D eigenvalue weighted by Crippen LogP contribution is -2.12. The molecule has 0 aliphatic heterocycles. The molecule has 13 aromatic rings. The summed E-state index contributed by atoms with van der Waals surface area (Å²) in [6.45, 7) is 32.1. The third-order valence-corrected chi connectivity index (χ3v) is 46.6. The number of thiophene rings is 12. The van der Waals surface area contributed by atoms with Gasteiger partial charge in [-0.05, 0) is 264 Å². The van der Waals surface area contributed by atoms with E-state index in [9.17, 15) is 0 Å². The minimum Gasteiger partial charge on any atom is -0.491 e. The Morgan fingerprint density at radius 3 is 0.687 bits per heavy atom. The third kappa shape index (κ3) is 35.8. The van der Waals surface area contributed by atoms with Crippen LogP contribution in [0.15, 0.2) is 84.9 Å². The van der Waals surface area contributed by atoms with Gasteiger partial charge in [0.25, 0.3) is 0 Å². The molecule has 0 aliphatic carbocycles. The number of unbranched alkanes of at least 4 members (excludes halogenated alkanes) is 42. The summed E-state index contributed by atoms with van der Waals surface area (Å²) in [4.78, 5) is 30.7. The standard InChI is InChI=1S/C132H190O3S12/c1-15-27-37-45-53-61-71-98-83-95(13)136-127(98)116-86-101(74-64-56-48-40-30-18-4)123(143-116)108-79-80-109(137-108)124-102(75-65-57-49-41-31-19-5)87-117(144-124)128-99(72-62-54-46-38-28-16-2)84-112(139-128)114-91-106-121(134-93-96(25-11)69-35-23-9)132-107(122(131(106)141-114)135-94-97(26-12)70-36-24-10)92-115(142-132)113-85-100(73-63-55-47-39-29-17-3)129(140-113)118-88-103(76-66-58-50-42-32-20-6)125(145-118)110-81-82-111(138-110)126-104(77-67-59-51-43-33-21-7)89-119(146-126)130-105(90-120(133-14)147-130)78-68-60-52-44-34-22-8/h79-92,96-97H,15-78,93-94H2,1-14H3. The number of ether oxygens (including phenoxy) is 3. The van der Waals surface area contributed by atoms with Gasteiger partial charge in [-0.15, -0.1) is 125 Å². The van der Waals surface area contributed by atoms with Crippen LogP contribution in [0.3, 0.4) is 0 Å². The van der Waals surface area contributed by atoms with Crippen molar-refractivity contribution in [3.63, 3.8) is 0 Å². The Labute approximate surface area is 942 Å². The summed E-state index contributed by atoms with van der Waals surface area (Å²) >= 11 is 24.7. The second-order valence-electron chi connectivity index (χ2n) is 43.4. The summed E-state index contributed by atoms with van der Waals surface area (Å²) in [6, 6.07) is 36.4. The van der Waals surface area contributed by atoms with Crippen LogP contribution < -0.4 is 14.2 Å². The number of hydrogen-bond donors (Lipinski definition) is 0. The van der Waals surface area contributed by atoms with E-state index in [0.29, 0.717) is 11.8 Å². The van der Waals surface area contributed by atoms with Crippen LogP contribution in [-0.2, 0) is 51.4 Å². The van der Waals surface area contributed by atoms with Gasteiger partial charge in [-0.1, -0.05) is 390 Å². The van der Waals surface area contributed by atoms with Gasteiger partial charge in [-0.3, -0.25) is 0 Å². The molecule has 2 unspecified atom stereocenters. The lowest BCUT2D eigenvalue weighted by molar-refractivity contribution is 0.235. The van der Waals surface area contributed by atoms with Crippen LogP contribution in [0.2, 0.25) is 0 Å². The Hall–Kier alpha value is -4.46. The fourth-order valence-corrected chi connectivity index (χ4v) is 36.8. The zero-order valence-corrected chi connectivity index (χ0v) is 104. The molecule has 0 saturated carbocycles. The molecule has 0 bridgehead atoms. The van der Waals surface area contributed by atoms with Crippen LogP contribution in [0.1, 0.15) is 492 Å². The summed E-state index contributed by atoms with van der Waals surface area (Å²) in [5.74, 6) is 3.11. The van der Waals surface area contributed by atoms with E-state index in [4.69, 9.17) is 14.2 Å². The Morgan fingerprint density at radius 2 is 0.422 bits per heavy atom. The number of benzene rings is 1. The molecule has 808 valence electrons. The topological polar surface area (TPSA) is 27.7 Å². The SMILES string of the molecule is CCCCCCCCc1cc(C)sc1-c1cc(CCCCCCCC)c(-c2ccc(-c3sc(-c4sc(-c5cc6c(OCC(CC)CCCC)c7sc(-c8cc(CCCCCCCC)c(-c9cc(CCCCCCCC)c(-c%10ccc(-c%11sc(-c%12sc(OC)cc%12CCCCCCCC)cc%11CCCCCCCC)s%10)s9)s8)cc7c(OCC(CC)CCCC)c6s5)cc4CCCCCCCC)cc3CCCCCCCC)s2)s1. The first-order valence-corrected chi connectivity index (χ1v) is 70.2. The van der Waals surface area contributed by atoms with E-state index in [0.717, 1.165) is 87.6 Å². The number of methoxy groups -OCH3 is 1. The van der Waals surface area contributed by atoms with Crippen molar-refractivity contribution < 1.29 is 14.2 Å². The maximum absolute atomic E-state index is 7.77. The zero-order valence-electron chi connectivity index (χ0n) is 94.0. The van der Waals surface area contributed by atoms with Crippen LogP contribution >= 0.6 is 136 Å². The monoisotopic (exact) mass is 2210 g/mol. The van der Waals surface area contributed by atoms with Crippen molar-refractivity contribution >= 4 is 156 Å². The van der Waals surface area contributed by atoms with E-state index < -0.39 is 0 Å². The molecular formula is C132H190O3S12. The zero-order chi connectivity index (χ0) is 103. The van der Waals surface area contributed by atoms with Crippen molar-refractivity contribution in [2.75, 3.05) is 20.3 Å². The number of fused-ring (bicyclic) bond motifs is 2. The molecule has 0 aliphatic rings. The van der Waals surface area contributed by atoms with E-state index in [2.05, 4.69) is 277 Å². The van der Waals surface area contributed by atoms with Gasteiger partial charge in [0, 0.05) is 108 Å². The summed E-state index contributed by atoms with van der Waals surface area (Å²) in [6.07, 6.45) is 81.3. The summed E-state index contributed by atoms with van der Waals surface area (Å²) < 4.78 is 24.1. The molecular weight excluding hydrogens is 2020 g/mol. The largest absolute Gasteiger partial charge is 0.491 e. The van der Waals surface area contributed by atoms with Crippen LogP contribution in [-0.4, -0.2) is 20.3 Å². The maximum atomic E-state index is 7.77. The Balaban J connectivity index is 0.919. The van der Waals surface area contributed by atoms with Crippen molar-refractivity contribution in [2.24, 2.45) is 11.8 Å². The van der Waals surface area contributed by atoms with Crippen molar-refractivity contribution in [3.8, 4) is 114 Å². The molecule has 0 N–H and O–H groups in total. The minimum atomic E-state index is 0.473. The van der Waals surface area contributed by atoms with Gasteiger partial charge >= 0.3 is 0 Å². The number of hydrogen-bond acceptors (Lipinski definition) is 15. The second kappa shape index (κ2) is 66.8. The number of rotatable bonds is 81. The normalized spacial score (nSPS) is 12.4. The fourth-order valence-electron chi connectivity index (χ4n) is 21.8. The summed E-state index contributed by atoms with van der Waals surface area (Å²) in [5, 5.41) is 3.53. The third-order valence-electron chi connectivity index (χ3n) is 31.0. The minimum absolute atomic E-state index is 0.473. The average molecular weight is 2210 g/mol. The highest BCUT2D eigenvalue weighted by atomic mass is 32.1. The first-order valence-electron chi connectivity index (χ1n) is 60.4. The Kier molecular flexibility index (Phi) is 54.4. The van der Waals surface area contributed by atoms with E-state index >= 15 is 0 Å². The van der Waals surface area contributed by atoms with Crippen LogP contribution in [0.5, 0.6) is 16.6 Å². The van der Waals surface area contributed by atoms with Crippen LogP contribution in [0.25, 0.3) is 118 Å². The maximum Gasteiger partial charge on any atom is 0.174 e. The molecule has 13 rings (SSSR count). The van der Waals surface area contributed by atoms with E-state index in [1.54, 1.807) is 38.3 Å². The van der Waals surface area contributed by atoms with E-state index in [1.165, 1.54) is 482 Å². The average Bonchev–Trinajstić information content (AvgIpc) is 1.57. The Morgan fingerprint density at radius 1 is 0.204 bits per heavy atom. The first kappa shape index (κ1) is 120. The molecule has 12 heterocycles. The van der Waals surface area contributed by atoms with Gasteiger partial charge < -0.3 is 14.2 Å². The summed E-state index contributed by atoms with van der Waals surface area (Å²) in [5.41, 5.74) is 12.4. The van der Waals surface area contributed by atoms with Crippen LogP contribution in [0.4, 0.5) is 0 Å². The van der Waals surface area contributed by atoms with Gasteiger partial charge in [0.15, 0.2) is 5.06 Å². The quantitative estimate of drug-likeness (QED) is 0.0356. The highest BCUT2D eigenvalue weighted by Crippen LogP contribution is 2.59. The highest BCUT2D eigenvalue weighted by molar-refractivity contribution is 7.33. The van der Waals surface area contributed by atoms with Crippen molar-refractivity contribution in [1.29, 1.82) is 0 Å². The van der Waals surface area contributed by atoms with Gasteiger partial charge in [0.2, 0.25) is 0 Å². The van der Waals surface area contributed by atoms with Crippen LogP contribution in [0, 0.1) is 18.8 Å². The lowest BCUT2D eigenvalue weighted by atomic mass is 10.0. The Bertz CT molecular complexity index is 5700. The molecule has 0 fully saturated rings. The predicted molar refractivity (Wildman–Crippen MR) is 676 cm³/mol. The fraction of sp³-hybridized carbons (Fsp3) is 0.621.